The summed E-state index contributed by atoms with van der Waals surface area (Å²) >= 11 is 0. The summed E-state index contributed by atoms with van der Waals surface area (Å²) < 4.78 is 10.4. The average molecular weight is 365 g/mol. The van der Waals surface area contributed by atoms with E-state index in [2.05, 4.69) is 22.4 Å². The lowest BCUT2D eigenvalue weighted by molar-refractivity contribution is -0.114. The number of aromatic nitrogens is 2. The normalized spacial score (nSPS) is 10.4. The number of benzene rings is 2. The first-order chi connectivity index (χ1) is 13.0. The molecule has 0 bridgehead atoms. The van der Waals surface area contributed by atoms with Gasteiger partial charge in [-0.15, -0.1) is 0 Å². The molecule has 138 valence electrons. The summed E-state index contributed by atoms with van der Waals surface area (Å²) in [4.78, 5) is 27.5. The first-order valence-corrected chi connectivity index (χ1v) is 8.52. The highest BCUT2D eigenvalue weighted by Gasteiger charge is 2.13. The summed E-state index contributed by atoms with van der Waals surface area (Å²) in [6, 6.07) is 14.3. The number of carbonyl (C=O) groups excluding carboxylic acids is 2. The zero-order valence-corrected chi connectivity index (χ0v) is 15.1. The van der Waals surface area contributed by atoms with Gasteiger partial charge in [-0.25, -0.2) is 4.79 Å². The van der Waals surface area contributed by atoms with E-state index in [1.54, 1.807) is 18.2 Å². The van der Waals surface area contributed by atoms with Crippen molar-refractivity contribution >= 4 is 17.6 Å². The van der Waals surface area contributed by atoms with Gasteiger partial charge in [0.25, 0.3) is 5.89 Å². The molecule has 1 amide bonds. The number of aryl methyl sites for hydroxylation is 1. The number of amides is 1. The van der Waals surface area contributed by atoms with Crippen LogP contribution in [0.3, 0.4) is 0 Å². The number of hydrogen-bond acceptors (Lipinski definition) is 6. The third-order valence-corrected chi connectivity index (χ3v) is 3.83. The highest BCUT2D eigenvalue weighted by Crippen LogP contribution is 2.18. The molecule has 0 saturated carbocycles. The molecule has 3 aromatic rings. The van der Waals surface area contributed by atoms with Crippen molar-refractivity contribution in [1.29, 1.82) is 0 Å². The molecule has 0 saturated heterocycles. The first-order valence-electron chi connectivity index (χ1n) is 8.52. The van der Waals surface area contributed by atoms with E-state index < -0.39 is 5.97 Å². The van der Waals surface area contributed by atoms with Crippen LogP contribution in [-0.4, -0.2) is 22.0 Å². The van der Waals surface area contributed by atoms with Gasteiger partial charge in [-0.3, -0.25) is 4.79 Å². The van der Waals surface area contributed by atoms with Crippen LogP contribution in [0.2, 0.25) is 0 Å². The SMILES string of the molecule is CCc1ccc(-c2noc(COC(=O)c3cccc(NC(C)=O)c3)n2)cc1. The van der Waals surface area contributed by atoms with Crippen molar-refractivity contribution in [1.82, 2.24) is 10.1 Å². The van der Waals surface area contributed by atoms with E-state index in [1.807, 2.05) is 24.3 Å². The smallest absolute Gasteiger partial charge is 0.338 e. The largest absolute Gasteiger partial charge is 0.452 e. The third kappa shape index (κ3) is 4.78. The molecule has 2 aromatic carbocycles. The molecule has 0 fully saturated rings. The molecule has 0 unspecified atom stereocenters. The zero-order valence-electron chi connectivity index (χ0n) is 15.1. The Morgan fingerprint density at radius 1 is 1.15 bits per heavy atom. The van der Waals surface area contributed by atoms with Crippen molar-refractivity contribution < 1.29 is 18.8 Å². The minimum atomic E-state index is -0.547. The Kier molecular flexibility index (Phi) is 5.61. The van der Waals surface area contributed by atoms with Gasteiger partial charge in [0, 0.05) is 18.2 Å². The van der Waals surface area contributed by atoms with Gasteiger partial charge in [0.05, 0.1) is 5.56 Å². The zero-order chi connectivity index (χ0) is 19.2. The molecule has 0 aliphatic heterocycles. The van der Waals surface area contributed by atoms with Crippen molar-refractivity contribution in [2.75, 3.05) is 5.32 Å². The molecular weight excluding hydrogens is 346 g/mol. The molecule has 0 aliphatic rings. The summed E-state index contributed by atoms with van der Waals surface area (Å²) in [6.45, 7) is 3.35. The van der Waals surface area contributed by atoms with Crippen LogP contribution in [0.4, 0.5) is 5.69 Å². The Bertz CT molecular complexity index is 948. The first kappa shape index (κ1) is 18.3. The summed E-state index contributed by atoms with van der Waals surface area (Å²) in [5.74, 6) is -0.118. The van der Waals surface area contributed by atoms with E-state index in [4.69, 9.17) is 9.26 Å². The Balaban J connectivity index is 1.62. The summed E-state index contributed by atoms with van der Waals surface area (Å²) in [7, 11) is 0. The lowest BCUT2D eigenvalue weighted by Gasteiger charge is -2.05. The number of nitrogens with zero attached hydrogens (tertiary/aromatic N) is 2. The molecule has 7 nitrogen and oxygen atoms in total. The second kappa shape index (κ2) is 8.27. The lowest BCUT2D eigenvalue weighted by atomic mass is 10.1. The number of esters is 1. The summed E-state index contributed by atoms with van der Waals surface area (Å²) in [5.41, 5.74) is 2.89. The molecule has 1 N–H and O–H groups in total. The fourth-order valence-electron chi connectivity index (χ4n) is 2.46. The minimum Gasteiger partial charge on any atom is -0.452 e. The fourth-order valence-corrected chi connectivity index (χ4v) is 2.46. The maximum atomic E-state index is 12.2. The van der Waals surface area contributed by atoms with Crippen molar-refractivity contribution in [3.63, 3.8) is 0 Å². The van der Waals surface area contributed by atoms with Gasteiger partial charge in [-0.05, 0) is 30.2 Å². The van der Waals surface area contributed by atoms with Crippen LogP contribution < -0.4 is 5.32 Å². The van der Waals surface area contributed by atoms with Gasteiger partial charge in [-0.1, -0.05) is 42.4 Å². The van der Waals surface area contributed by atoms with Gasteiger partial charge < -0.3 is 14.6 Å². The second-order valence-corrected chi connectivity index (χ2v) is 5.90. The van der Waals surface area contributed by atoms with E-state index in [-0.39, 0.29) is 18.4 Å². The predicted molar refractivity (Wildman–Crippen MR) is 99.0 cm³/mol. The van der Waals surface area contributed by atoms with Crippen LogP contribution in [0.5, 0.6) is 0 Å². The molecule has 0 radical (unpaired) electrons. The quantitative estimate of drug-likeness (QED) is 0.671. The van der Waals surface area contributed by atoms with Crippen LogP contribution in [0.15, 0.2) is 53.1 Å². The van der Waals surface area contributed by atoms with Gasteiger partial charge in [0.2, 0.25) is 11.7 Å². The molecular formula is C20H19N3O4. The Hall–Kier alpha value is -3.48. The van der Waals surface area contributed by atoms with Crippen LogP contribution in [0.1, 0.15) is 35.7 Å². The second-order valence-electron chi connectivity index (χ2n) is 5.90. The van der Waals surface area contributed by atoms with Crippen LogP contribution in [0.25, 0.3) is 11.4 Å². The number of nitrogens with one attached hydrogen (secondary N) is 1. The van der Waals surface area contributed by atoms with Gasteiger partial charge >= 0.3 is 5.97 Å². The third-order valence-electron chi connectivity index (χ3n) is 3.83. The number of ether oxygens (including phenoxy) is 1. The van der Waals surface area contributed by atoms with Crippen LogP contribution >= 0.6 is 0 Å². The summed E-state index contributed by atoms with van der Waals surface area (Å²) in [6.07, 6.45) is 0.955. The predicted octanol–water partition coefficient (Wildman–Crippen LogP) is 3.61. The standard InChI is InChI=1S/C20H19N3O4/c1-3-14-7-9-15(10-8-14)19-22-18(27-23-19)12-26-20(25)16-5-4-6-17(11-16)21-13(2)24/h4-11H,3,12H2,1-2H3,(H,21,24). The molecule has 27 heavy (non-hydrogen) atoms. The fraction of sp³-hybridized carbons (Fsp3) is 0.200. The molecule has 1 aromatic heterocycles. The van der Waals surface area contributed by atoms with Crippen molar-refractivity contribution in [2.45, 2.75) is 26.9 Å². The van der Waals surface area contributed by atoms with E-state index >= 15 is 0 Å². The monoisotopic (exact) mass is 365 g/mol. The van der Waals surface area contributed by atoms with Crippen LogP contribution in [-0.2, 0) is 22.6 Å². The molecule has 1 heterocycles. The van der Waals surface area contributed by atoms with Crippen molar-refractivity contribution in [3.8, 4) is 11.4 Å². The van der Waals surface area contributed by atoms with Crippen molar-refractivity contribution in [2.24, 2.45) is 0 Å². The lowest BCUT2D eigenvalue weighted by Crippen LogP contribution is -2.09. The van der Waals surface area contributed by atoms with Gasteiger partial charge in [0.1, 0.15) is 0 Å². The Morgan fingerprint density at radius 2 is 1.93 bits per heavy atom. The molecule has 0 aliphatic carbocycles. The number of anilines is 1. The van der Waals surface area contributed by atoms with E-state index in [1.165, 1.54) is 18.6 Å². The highest BCUT2D eigenvalue weighted by molar-refractivity contribution is 5.93. The number of rotatable bonds is 6. The molecule has 7 heteroatoms. The van der Waals surface area contributed by atoms with E-state index in [9.17, 15) is 9.59 Å². The number of hydrogen-bond donors (Lipinski definition) is 1. The maximum Gasteiger partial charge on any atom is 0.338 e. The summed E-state index contributed by atoms with van der Waals surface area (Å²) in [5, 5.41) is 6.53. The average Bonchev–Trinajstić information content (AvgIpc) is 3.15. The Morgan fingerprint density at radius 3 is 2.63 bits per heavy atom. The molecule has 0 spiro atoms. The highest BCUT2D eigenvalue weighted by atomic mass is 16.6. The molecule has 3 rings (SSSR count). The maximum absolute atomic E-state index is 12.2. The minimum absolute atomic E-state index is 0.136. The Labute approximate surface area is 156 Å². The number of carbonyl (C=O) groups is 2. The van der Waals surface area contributed by atoms with Crippen molar-refractivity contribution in [3.05, 3.63) is 65.5 Å². The van der Waals surface area contributed by atoms with E-state index in [0.717, 1.165) is 12.0 Å². The van der Waals surface area contributed by atoms with Gasteiger partial charge in [-0.2, -0.15) is 4.98 Å². The van der Waals surface area contributed by atoms with Gasteiger partial charge in [0.15, 0.2) is 6.61 Å². The van der Waals surface area contributed by atoms with E-state index in [0.29, 0.717) is 17.1 Å². The van der Waals surface area contributed by atoms with Crippen LogP contribution in [0, 0.1) is 0 Å². The topological polar surface area (TPSA) is 94.3 Å². The molecule has 0 atom stereocenters.